The molecule has 0 spiro atoms. The molecule has 0 radical (unpaired) electrons. The summed E-state index contributed by atoms with van der Waals surface area (Å²) in [5.74, 6) is 0.811. The summed E-state index contributed by atoms with van der Waals surface area (Å²) in [7, 11) is 1.90. The molecule has 1 fully saturated rings. The van der Waals surface area contributed by atoms with E-state index in [0.717, 1.165) is 24.9 Å². The summed E-state index contributed by atoms with van der Waals surface area (Å²) in [5, 5.41) is 16.9. The van der Waals surface area contributed by atoms with Crippen LogP contribution >= 0.6 is 0 Å². The van der Waals surface area contributed by atoms with Crippen molar-refractivity contribution in [2.75, 3.05) is 18.0 Å². The van der Waals surface area contributed by atoms with Crippen LogP contribution < -0.4 is 4.90 Å². The van der Waals surface area contributed by atoms with Crippen LogP contribution in [0.3, 0.4) is 0 Å². The van der Waals surface area contributed by atoms with Crippen molar-refractivity contribution in [2.24, 2.45) is 7.05 Å². The Morgan fingerprint density at radius 3 is 2.65 bits per heavy atom. The Hall–Kier alpha value is -1.59. The van der Waals surface area contributed by atoms with Crippen molar-refractivity contribution in [1.82, 2.24) is 14.8 Å². The normalized spacial score (nSPS) is 16.2. The van der Waals surface area contributed by atoms with Crippen molar-refractivity contribution in [2.45, 2.75) is 32.1 Å². The maximum Gasteiger partial charge on any atom is 0.303 e. The van der Waals surface area contributed by atoms with E-state index < -0.39 is 5.97 Å². The zero-order valence-corrected chi connectivity index (χ0v) is 10.1. The van der Waals surface area contributed by atoms with Crippen LogP contribution in [0, 0.1) is 0 Å². The van der Waals surface area contributed by atoms with E-state index in [-0.39, 0.29) is 6.42 Å². The first kappa shape index (κ1) is 11.9. The third-order valence-electron chi connectivity index (χ3n) is 3.14. The number of hydrogen-bond acceptors (Lipinski definition) is 4. The van der Waals surface area contributed by atoms with Crippen LogP contribution in [0.4, 0.5) is 5.95 Å². The SMILES string of the molecule is Cn1c(CCC(=O)O)nnc1N1CCCCC1. The van der Waals surface area contributed by atoms with Crippen molar-refractivity contribution in [3.63, 3.8) is 0 Å². The van der Waals surface area contributed by atoms with Crippen LogP contribution in [0.25, 0.3) is 0 Å². The molecule has 0 atom stereocenters. The van der Waals surface area contributed by atoms with E-state index in [2.05, 4.69) is 15.1 Å². The number of aliphatic carboxylic acids is 1. The predicted octanol–water partition coefficient (Wildman–Crippen LogP) is 0.823. The molecule has 17 heavy (non-hydrogen) atoms. The van der Waals surface area contributed by atoms with Crippen molar-refractivity contribution in [3.05, 3.63) is 5.82 Å². The average Bonchev–Trinajstić information content (AvgIpc) is 2.69. The Morgan fingerprint density at radius 2 is 2.00 bits per heavy atom. The summed E-state index contributed by atoms with van der Waals surface area (Å²) in [6.45, 7) is 2.04. The van der Waals surface area contributed by atoms with Crippen LogP contribution in [-0.2, 0) is 18.3 Å². The van der Waals surface area contributed by atoms with E-state index in [1.807, 2.05) is 11.6 Å². The van der Waals surface area contributed by atoms with Crippen molar-refractivity contribution in [3.8, 4) is 0 Å². The number of aromatic nitrogens is 3. The minimum absolute atomic E-state index is 0.103. The number of rotatable bonds is 4. The second-order valence-electron chi connectivity index (χ2n) is 4.42. The third kappa shape index (κ3) is 2.75. The molecule has 94 valence electrons. The van der Waals surface area contributed by atoms with Gasteiger partial charge in [0.25, 0.3) is 0 Å². The van der Waals surface area contributed by atoms with E-state index in [4.69, 9.17) is 5.11 Å². The number of carboxylic acid groups (broad SMARTS) is 1. The minimum atomic E-state index is -0.799. The predicted molar refractivity (Wildman–Crippen MR) is 63.0 cm³/mol. The Balaban J connectivity index is 2.05. The fourth-order valence-electron chi connectivity index (χ4n) is 2.16. The summed E-state index contributed by atoms with van der Waals surface area (Å²) in [6, 6.07) is 0. The van der Waals surface area contributed by atoms with Gasteiger partial charge in [0.15, 0.2) is 0 Å². The molecule has 0 saturated carbocycles. The second-order valence-corrected chi connectivity index (χ2v) is 4.42. The number of carbonyl (C=O) groups is 1. The van der Waals surface area contributed by atoms with Crippen LogP contribution in [-0.4, -0.2) is 38.9 Å². The standard InChI is InChI=1S/C11H18N4O2/c1-14-9(5-6-10(16)17)12-13-11(14)15-7-3-2-4-8-15/h2-8H2,1H3,(H,16,17). The lowest BCUT2D eigenvalue weighted by molar-refractivity contribution is -0.137. The molecule has 1 aromatic rings. The van der Waals surface area contributed by atoms with Gasteiger partial charge in [-0.2, -0.15) is 0 Å². The zero-order valence-electron chi connectivity index (χ0n) is 10.1. The number of nitrogens with zero attached hydrogens (tertiary/aromatic N) is 4. The van der Waals surface area contributed by atoms with Crippen LogP contribution in [0.1, 0.15) is 31.5 Å². The van der Waals surface area contributed by atoms with Gasteiger partial charge in [0.2, 0.25) is 5.95 Å². The van der Waals surface area contributed by atoms with Crippen LogP contribution in [0.2, 0.25) is 0 Å². The van der Waals surface area contributed by atoms with Gasteiger partial charge in [0.1, 0.15) is 5.82 Å². The van der Waals surface area contributed by atoms with Crippen LogP contribution in [0.5, 0.6) is 0 Å². The van der Waals surface area contributed by atoms with Gasteiger partial charge in [0, 0.05) is 26.6 Å². The molecule has 0 unspecified atom stereocenters. The lowest BCUT2D eigenvalue weighted by Crippen LogP contribution is -2.31. The van der Waals surface area contributed by atoms with E-state index >= 15 is 0 Å². The van der Waals surface area contributed by atoms with E-state index in [0.29, 0.717) is 6.42 Å². The summed E-state index contributed by atoms with van der Waals surface area (Å²) in [5.41, 5.74) is 0. The van der Waals surface area contributed by atoms with E-state index in [9.17, 15) is 4.79 Å². The molecule has 0 aromatic carbocycles. The molecule has 0 bridgehead atoms. The second kappa shape index (κ2) is 5.16. The molecule has 1 aliphatic rings. The highest BCUT2D eigenvalue weighted by molar-refractivity contribution is 5.66. The quantitative estimate of drug-likeness (QED) is 0.841. The molecule has 1 saturated heterocycles. The molecule has 6 heteroatoms. The Bertz CT molecular complexity index is 396. The smallest absolute Gasteiger partial charge is 0.303 e. The molecule has 1 N–H and O–H groups in total. The average molecular weight is 238 g/mol. The number of piperidine rings is 1. The topological polar surface area (TPSA) is 71.2 Å². The highest BCUT2D eigenvalue weighted by Gasteiger charge is 2.18. The van der Waals surface area contributed by atoms with Crippen molar-refractivity contribution >= 4 is 11.9 Å². The number of hydrogen-bond donors (Lipinski definition) is 1. The first-order chi connectivity index (χ1) is 8.18. The van der Waals surface area contributed by atoms with Crippen molar-refractivity contribution < 1.29 is 9.90 Å². The highest BCUT2D eigenvalue weighted by atomic mass is 16.4. The molecule has 2 rings (SSSR count). The van der Waals surface area contributed by atoms with Gasteiger partial charge in [-0.05, 0) is 19.3 Å². The van der Waals surface area contributed by atoms with Gasteiger partial charge in [-0.25, -0.2) is 0 Å². The third-order valence-corrected chi connectivity index (χ3v) is 3.14. The fraction of sp³-hybridized carbons (Fsp3) is 0.727. The number of aryl methyl sites for hydroxylation is 1. The summed E-state index contributed by atoms with van der Waals surface area (Å²) in [6.07, 6.45) is 4.20. The van der Waals surface area contributed by atoms with Gasteiger partial charge in [0.05, 0.1) is 6.42 Å². The zero-order chi connectivity index (χ0) is 12.3. The summed E-state index contributed by atoms with van der Waals surface area (Å²) < 4.78 is 1.91. The van der Waals surface area contributed by atoms with Crippen molar-refractivity contribution in [1.29, 1.82) is 0 Å². The van der Waals surface area contributed by atoms with E-state index in [1.165, 1.54) is 19.3 Å². The van der Waals surface area contributed by atoms with Gasteiger partial charge >= 0.3 is 5.97 Å². The summed E-state index contributed by atoms with van der Waals surface area (Å²) >= 11 is 0. The molecular formula is C11H18N4O2. The number of anilines is 1. The van der Waals surface area contributed by atoms with Gasteiger partial charge in [-0.3, -0.25) is 4.79 Å². The van der Waals surface area contributed by atoms with Gasteiger partial charge in [-0.15, -0.1) is 10.2 Å². The molecule has 1 aromatic heterocycles. The Kier molecular flexibility index (Phi) is 3.61. The monoisotopic (exact) mass is 238 g/mol. The highest BCUT2D eigenvalue weighted by Crippen LogP contribution is 2.18. The Morgan fingerprint density at radius 1 is 1.29 bits per heavy atom. The summed E-state index contributed by atoms with van der Waals surface area (Å²) in [4.78, 5) is 12.7. The largest absolute Gasteiger partial charge is 0.481 e. The first-order valence-electron chi connectivity index (χ1n) is 6.03. The van der Waals surface area contributed by atoms with Gasteiger partial charge < -0.3 is 14.6 Å². The van der Waals surface area contributed by atoms with Crippen LogP contribution in [0.15, 0.2) is 0 Å². The lowest BCUT2D eigenvalue weighted by Gasteiger charge is -2.27. The maximum absolute atomic E-state index is 10.5. The molecule has 2 heterocycles. The minimum Gasteiger partial charge on any atom is -0.481 e. The molecule has 0 aliphatic carbocycles. The Labute approximate surface area is 100 Å². The molecular weight excluding hydrogens is 220 g/mol. The van der Waals surface area contributed by atoms with Gasteiger partial charge in [-0.1, -0.05) is 0 Å². The maximum atomic E-state index is 10.5. The lowest BCUT2D eigenvalue weighted by atomic mass is 10.1. The molecule has 6 nitrogen and oxygen atoms in total. The van der Waals surface area contributed by atoms with E-state index in [1.54, 1.807) is 0 Å². The fourth-order valence-corrected chi connectivity index (χ4v) is 2.16. The first-order valence-corrected chi connectivity index (χ1v) is 6.03. The molecule has 1 aliphatic heterocycles. The number of carboxylic acids is 1. The molecule has 0 amide bonds.